The number of imidazole rings is 1. The number of aromatic carboxylic acids is 1. The van der Waals surface area contributed by atoms with Gasteiger partial charge in [0.2, 0.25) is 0 Å². The predicted octanol–water partition coefficient (Wildman–Crippen LogP) is 2.12. The van der Waals surface area contributed by atoms with Crippen LogP contribution in [-0.4, -0.2) is 21.0 Å². The van der Waals surface area contributed by atoms with Crippen LogP contribution in [0.4, 0.5) is 5.95 Å². The van der Waals surface area contributed by atoms with E-state index < -0.39 is 5.97 Å². The molecule has 1 aromatic heterocycles. The lowest BCUT2D eigenvalue weighted by Crippen LogP contribution is -1.99. The van der Waals surface area contributed by atoms with Gasteiger partial charge in [0.1, 0.15) is 5.69 Å². The van der Waals surface area contributed by atoms with E-state index in [0.29, 0.717) is 11.3 Å². The smallest absolute Gasteiger partial charge is 0.354 e. The van der Waals surface area contributed by atoms with Crippen LogP contribution in [-0.2, 0) is 0 Å². The number of carbonyl (C=O) groups is 1. The van der Waals surface area contributed by atoms with Crippen molar-refractivity contribution in [1.29, 1.82) is 0 Å². The molecule has 1 heterocycles. The van der Waals surface area contributed by atoms with Crippen molar-refractivity contribution in [2.75, 3.05) is 5.73 Å². The second-order valence-corrected chi connectivity index (χ2v) is 4.08. The van der Waals surface area contributed by atoms with Crippen LogP contribution in [0.3, 0.4) is 0 Å². The zero-order valence-electron chi connectivity index (χ0n) is 8.07. The summed E-state index contributed by atoms with van der Waals surface area (Å²) >= 11 is 3.31. The summed E-state index contributed by atoms with van der Waals surface area (Å²) in [5, 5.41) is 8.97. The average molecular weight is 282 g/mol. The summed E-state index contributed by atoms with van der Waals surface area (Å²) in [5.74, 6) is -0.994. The number of rotatable bonds is 2. The Morgan fingerprint density at radius 1 is 1.50 bits per heavy atom. The molecule has 0 aliphatic carbocycles. The quantitative estimate of drug-likeness (QED) is 0.786. The van der Waals surface area contributed by atoms with E-state index in [2.05, 4.69) is 25.9 Å². The maximum absolute atomic E-state index is 11.0. The standard InChI is InChI=1S/C10H8BrN3O2/c11-6-3-1-2-5(4-6)7-8(9(15)16)14-10(12)13-7/h1-4H,(H,15,16)(H3,12,13,14). The van der Waals surface area contributed by atoms with Gasteiger partial charge in [0, 0.05) is 10.0 Å². The first-order chi connectivity index (χ1) is 7.58. The van der Waals surface area contributed by atoms with E-state index >= 15 is 0 Å². The molecule has 0 unspecified atom stereocenters. The molecule has 82 valence electrons. The van der Waals surface area contributed by atoms with Crippen LogP contribution < -0.4 is 5.73 Å². The van der Waals surface area contributed by atoms with Crippen LogP contribution >= 0.6 is 15.9 Å². The summed E-state index contributed by atoms with van der Waals surface area (Å²) in [6, 6.07) is 7.20. The third-order valence-electron chi connectivity index (χ3n) is 2.03. The summed E-state index contributed by atoms with van der Waals surface area (Å²) in [7, 11) is 0. The molecule has 0 fully saturated rings. The molecule has 2 aromatic rings. The largest absolute Gasteiger partial charge is 0.477 e. The third kappa shape index (κ3) is 1.92. The lowest BCUT2D eigenvalue weighted by atomic mass is 10.1. The topological polar surface area (TPSA) is 92.0 Å². The molecule has 0 aliphatic heterocycles. The highest BCUT2D eigenvalue weighted by atomic mass is 79.9. The Hall–Kier alpha value is -1.82. The summed E-state index contributed by atoms with van der Waals surface area (Å²) < 4.78 is 0.850. The molecule has 4 N–H and O–H groups in total. The van der Waals surface area contributed by atoms with Crippen LogP contribution in [0.5, 0.6) is 0 Å². The normalized spacial score (nSPS) is 10.3. The molecule has 0 atom stereocenters. The second-order valence-electron chi connectivity index (χ2n) is 3.16. The number of nitrogens with two attached hydrogens (primary N) is 1. The van der Waals surface area contributed by atoms with Crippen LogP contribution in [0.1, 0.15) is 10.5 Å². The first kappa shape index (κ1) is 10.7. The number of H-pyrrole nitrogens is 1. The van der Waals surface area contributed by atoms with Crippen molar-refractivity contribution in [3.63, 3.8) is 0 Å². The Kier molecular flexibility index (Phi) is 2.66. The molecule has 2 rings (SSSR count). The predicted molar refractivity (Wildman–Crippen MR) is 63.1 cm³/mol. The van der Waals surface area contributed by atoms with Crippen molar-refractivity contribution in [3.05, 3.63) is 34.4 Å². The van der Waals surface area contributed by atoms with Crippen molar-refractivity contribution in [1.82, 2.24) is 9.97 Å². The lowest BCUT2D eigenvalue weighted by molar-refractivity contribution is 0.0692. The molecule has 0 radical (unpaired) electrons. The molecular weight excluding hydrogens is 274 g/mol. The Bertz CT molecular complexity index is 551. The van der Waals surface area contributed by atoms with Gasteiger partial charge in [0.05, 0.1) is 0 Å². The van der Waals surface area contributed by atoms with E-state index in [1.54, 1.807) is 18.2 Å². The molecule has 16 heavy (non-hydrogen) atoms. The number of halogens is 1. The summed E-state index contributed by atoms with van der Waals surface area (Å²) in [4.78, 5) is 17.4. The molecule has 6 heteroatoms. The molecule has 0 saturated carbocycles. The number of nitrogen functional groups attached to an aromatic ring is 1. The van der Waals surface area contributed by atoms with E-state index in [1.165, 1.54) is 0 Å². The Morgan fingerprint density at radius 2 is 2.25 bits per heavy atom. The monoisotopic (exact) mass is 281 g/mol. The van der Waals surface area contributed by atoms with Gasteiger partial charge in [0.25, 0.3) is 0 Å². The van der Waals surface area contributed by atoms with E-state index in [0.717, 1.165) is 4.47 Å². The first-order valence-corrected chi connectivity index (χ1v) is 5.22. The molecular formula is C10H8BrN3O2. The van der Waals surface area contributed by atoms with Gasteiger partial charge in [0.15, 0.2) is 11.6 Å². The number of hydrogen-bond donors (Lipinski definition) is 3. The highest BCUT2D eigenvalue weighted by molar-refractivity contribution is 9.10. The van der Waals surface area contributed by atoms with Crippen molar-refractivity contribution in [3.8, 4) is 11.3 Å². The lowest BCUT2D eigenvalue weighted by Gasteiger charge is -1.99. The summed E-state index contributed by atoms with van der Waals surface area (Å²) in [5.41, 5.74) is 6.48. The third-order valence-corrected chi connectivity index (χ3v) is 2.53. The van der Waals surface area contributed by atoms with Gasteiger partial charge in [-0.15, -0.1) is 0 Å². The molecule has 0 amide bonds. The molecule has 0 spiro atoms. The fourth-order valence-electron chi connectivity index (χ4n) is 1.39. The number of anilines is 1. The van der Waals surface area contributed by atoms with Gasteiger partial charge in [-0.05, 0) is 12.1 Å². The van der Waals surface area contributed by atoms with Gasteiger partial charge in [-0.25, -0.2) is 9.78 Å². The highest BCUT2D eigenvalue weighted by Gasteiger charge is 2.16. The van der Waals surface area contributed by atoms with Crippen molar-refractivity contribution in [2.45, 2.75) is 0 Å². The van der Waals surface area contributed by atoms with Crippen LogP contribution in [0.15, 0.2) is 28.7 Å². The average Bonchev–Trinajstić information content (AvgIpc) is 2.60. The number of aromatic nitrogens is 2. The van der Waals surface area contributed by atoms with Gasteiger partial charge in [-0.3, -0.25) is 0 Å². The van der Waals surface area contributed by atoms with Crippen molar-refractivity contribution in [2.24, 2.45) is 0 Å². The number of carboxylic acids is 1. The number of hydrogen-bond acceptors (Lipinski definition) is 3. The number of aromatic amines is 1. The molecule has 1 aromatic carbocycles. The molecule has 0 aliphatic rings. The highest BCUT2D eigenvalue weighted by Crippen LogP contribution is 2.25. The maximum atomic E-state index is 11.0. The first-order valence-electron chi connectivity index (χ1n) is 4.42. The summed E-state index contributed by atoms with van der Waals surface area (Å²) in [6.45, 7) is 0. The Balaban J connectivity index is 2.59. The van der Waals surface area contributed by atoms with Crippen molar-refractivity contribution >= 4 is 27.8 Å². The zero-order chi connectivity index (χ0) is 11.7. The minimum Gasteiger partial charge on any atom is -0.477 e. The number of benzene rings is 1. The van der Waals surface area contributed by atoms with Crippen LogP contribution in [0.25, 0.3) is 11.3 Å². The fraction of sp³-hybridized carbons (Fsp3) is 0. The number of carboxylic acid groups (broad SMARTS) is 1. The SMILES string of the molecule is Nc1nc(-c2cccc(Br)c2)c(C(=O)O)[nH]1. The summed E-state index contributed by atoms with van der Waals surface area (Å²) in [6.07, 6.45) is 0. The van der Waals surface area contributed by atoms with Gasteiger partial charge >= 0.3 is 5.97 Å². The number of nitrogens with one attached hydrogen (secondary N) is 1. The van der Waals surface area contributed by atoms with Crippen LogP contribution in [0.2, 0.25) is 0 Å². The maximum Gasteiger partial charge on any atom is 0.354 e. The minimum absolute atomic E-state index is 0.00407. The van der Waals surface area contributed by atoms with E-state index in [1.807, 2.05) is 6.07 Å². The Labute approximate surface area is 99.4 Å². The molecule has 5 nitrogen and oxygen atoms in total. The van der Waals surface area contributed by atoms with Crippen LogP contribution in [0, 0.1) is 0 Å². The van der Waals surface area contributed by atoms with E-state index in [-0.39, 0.29) is 11.6 Å². The van der Waals surface area contributed by atoms with Crippen molar-refractivity contribution < 1.29 is 9.90 Å². The zero-order valence-corrected chi connectivity index (χ0v) is 9.65. The van der Waals surface area contributed by atoms with Gasteiger partial charge in [-0.1, -0.05) is 28.1 Å². The second kappa shape index (κ2) is 3.97. The molecule has 0 bridgehead atoms. The minimum atomic E-state index is -1.08. The Morgan fingerprint density at radius 3 is 2.88 bits per heavy atom. The van der Waals surface area contributed by atoms with E-state index in [4.69, 9.17) is 10.8 Å². The van der Waals surface area contributed by atoms with E-state index in [9.17, 15) is 4.79 Å². The fourth-order valence-corrected chi connectivity index (χ4v) is 1.79. The molecule has 0 saturated heterocycles. The number of nitrogens with zero attached hydrogens (tertiary/aromatic N) is 1. The van der Waals surface area contributed by atoms with Gasteiger partial charge in [-0.2, -0.15) is 0 Å². The van der Waals surface area contributed by atoms with Gasteiger partial charge < -0.3 is 15.8 Å².